The highest BCUT2D eigenvalue weighted by molar-refractivity contribution is 7.89. The highest BCUT2D eigenvalue weighted by Gasteiger charge is 2.29. The predicted molar refractivity (Wildman–Crippen MR) is 114 cm³/mol. The van der Waals surface area contributed by atoms with Gasteiger partial charge in [-0.15, -0.1) is 0 Å². The van der Waals surface area contributed by atoms with Crippen molar-refractivity contribution in [3.63, 3.8) is 0 Å². The third kappa shape index (κ3) is 2.94. The van der Waals surface area contributed by atoms with Gasteiger partial charge >= 0.3 is 0 Å². The molecule has 4 heterocycles. The Balaban J connectivity index is 1.50. The standard InChI is InChI=1S/C22H20N4O2S/c1-25-15-19(18-7-4-12-24-22(18)25)16-9-13-26(14-10-16)29(27,28)20-8-2-5-17-6-3-11-23-21(17)20/h2-9,11-12,15H,10,13-14H2,1H3. The van der Waals surface area contributed by atoms with Crippen LogP contribution >= 0.6 is 0 Å². The van der Waals surface area contributed by atoms with Gasteiger partial charge in [0.15, 0.2) is 0 Å². The Labute approximate surface area is 169 Å². The quantitative estimate of drug-likeness (QED) is 0.523. The van der Waals surface area contributed by atoms with Gasteiger partial charge in [0.2, 0.25) is 10.0 Å². The van der Waals surface area contributed by atoms with E-state index in [-0.39, 0.29) is 4.90 Å². The summed E-state index contributed by atoms with van der Waals surface area (Å²) in [6.45, 7) is 0.783. The van der Waals surface area contributed by atoms with E-state index >= 15 is 0 Å². The molecule has 0 aliphatic carbocycles. The normalized spacial score (nSPS) is 15.7. The lowest BCUT2D eigenvalue weighted by molar-refractivity contribution is 0.442. The van der Waals surface area contributed by atoms with Crippen molar-refractivity contribution >= 4 is 37.5 Å². The van der Waals surface area contributed by atoms with E-state index < -0.39 is 10.0 Å². The molecule has 6 nitrogen and oxygen atoms in total. The predicted octanol–water partition coefficient (Wildman–Crippen LogP) is 3.60. The maximum atomic E-state index is 13.3. The molecule has 0 saturated heterocycles. The number of fused-ring (bicyclic) bond motifs is 2. The molecule has 0 bridgehead atoms. The van der Waals surface area contributed by atoms with Crippen LogP contribution in [0.4, 0.5) is 0 Å². The number of hydrogen-bond acceptors (Lipinski definition) is 4. The third-order valence-corrected chi connectivity index (χ3v) is 7.36. The van der Waals surface area contributed by atoms with E-state index in [1.165, 1.54) is 4.31 Å². The fourth-order valence-corrected chi connectivity index (χ4v) is 5.55. The summed E-state index contributed by atoms with van der Waals surface area (Å²) in [7, 11) is -1.64. The van der Waals surface area contributed by atoms with Gasteiger partial charge in [-0.25, -0.2) is 13.4 Å². The molecule has 7 heteroatoms. The summed E-state index contributed by atoms with van der Waals surface area (Å²) >= 11 is 0. The second kappa shape index (κ2) is 6.79. The lowest BCUT2D eigenvalue weighted by Crippen LogP contribution is -2.34. The minimum Gasteiger partial charge on any atom is -0.335 e. The molecule has 4 aromatic rings. The molecule has 0 atom stereocenters. The zero-order valence-corrected chi connectivity index (χ0v) is 16.8. The van der Waals surface area contributed by atoms with Gasteiger partial charge < -0.3 is 4.57 Å². The van der Waals surface area contributed by atoms with Crippen LogP contribution in [-0.2, 0) is 17.1 Å². The highest BCUT2D eigenvalue weighted by Crippen LogP contribution is 2.32. The first-order chi connectivity index (χ1) is 14.1. The fraction of sp³-hybridized carbons (Fsp3) is 0.182. The summed E-state index contributed by atoms with van der Waals surface area (Å²) in [6.07, 6.45) is 8.16. The first-order valence-electron chi connectivity index (χ1n) is 9.49. The Morgan fingerprint density at radius 3 is 2.62 bits per heavy atom. The molecule has 0 N–H and O–H groups in total. The summed E-state index contributed by atoms with van der Waals surface area (Å²) in [5, 5.41) is 1.92. The molecule has 0 unspecified atom stereocenters. The molecule has 0 amide bonds. The van der Waals surface area contributed by atoms with E-state index in [0.717, 1.165) is 27.6 Å². The first-order valence-corrected chi connectivity index (χ1v) is 10.9. The molecule has 1 aliphatic heterocycles. The Hall–Kier alpha value is -3.03. The van der Waals surface area contributed by atoms with E-state index in [4.69, 9.17) is 0 Å². The van der Waals surface area contributed by atoms with Gasteiger partial charge in [0.25, 0.3) is 0 Å². The number of pyridine rings is 2. The lowest BCUT2D eigenvalue weighted by atomic mass is 10.0. The molecular formula is C22H20N4O2S. The number of sulfonamides is 1. The Morgan fingerprint density at radius 1 is 1.00 bits per heavy atom. The number of benzene rings is 1. The zero-order chi connectivity index (χ0) is 20.0. The van der Waals surface area contributed by atoms with Gasteiger partial charge in [-0.1, -0.05) is 24.3 Å². The molecule has 0 radical (unpaired) electrons. The van der Waals surface area contributed by atoms with Crippen molar-refractivity contribution in [1.82, 2.24) is 18.8 Å². The lowest BCUT2D eigenvalue weighted by Gasteiger charge is -2.26. The molecule has 146 valence electrons. The third-order valence-electron chi connectivity index (χ3n) is 5.47. The van der Waals surface area contributed by atoms with Crippen molar-refractivity contribution < 1.29 is 8.42 Å². The van der Waals surface area contributed by atoms with Crippen molar-refractivity contribution in [2.45, 2.75) is 11.3 Å². The number of nitrogens with zero attached hydrogens (tertiary/aromatic N) is 4. The second-order valence-corrected chi connectivity index (χ2v) is 9.11. The molecule has 0 fully saturated rings. The van der Waals surface area contributed by atoms with Crippen LogP contribution in [0, 0.1) is 0 Å². The summed E-state index contributed by atoms with van der Waals surface area (Å²) in [5.41, 5.74) is 3.73. The highest BCUT2D eigenvalue weighted by atomic mass is 32.2. The van der Waals surface area contributed by atoms with E-state index in [0.29, 0.717) is 25.0 Å². The van der Waals surface area contributed by atoms with E-state index in [1.807, 2.05) is 42.0 Å². The van der Waals surface area contributed by atoms with Crippen LogP contribution in [0.2, 0.25) is 0 Å². The maximum absolute atomic E-state index is 13.3. The van der Waals surface area contributed by atoms with Crippen molar-refractivity contribution in [1.29, 1.82) is 0 Å². The summed E-state index contributed by atoms with van der Waals surface area (Å²) < 4.78 is 30.1. The number of aromatic nitrogens is 3. The van der Waals surface area contributed by atoms with Gasteiger partial charge in [0, 0.05) is 55.1 Å². The van der Waals surface area contributed by atoms with Gasteiger partial charge in [-0.3, -0.25) is 4.98 Å². The van der Waals surface area contributed by atoms with Crippen LogP contribution in [0.3, 0.4) is 0 Å². The number of rotatable bonds is 3. The summed E-state index contributed by atoms with van der Waals surface area (Å²) in [4.78, 5) is 9.02. The minimum absolute atomic E-state index is 0.266. The smallest absolute Gasteiger partial charge is 0.245 e. The topological polar surface area (TPSA) is 68.1 Å². The van der Waals surface area contributed by atoms with E-state index in [9.17, 15) is 8.42 Å². The van der Waals surface area contributed by atoms with Crippen LogP contribution in [0.25, 0.3) is 27.5 Å². The van der Waals surface area contributed by atoms with Crippen molar-refractivity contribution in [2.24, 2.45) is 7.05 Å². The Bertz CT molecular complexity index is 1370. The average molecular weight is 404 g/mol. The second-order valence-electron chi connectivity index (χ2n) is 7.20. The average Bonchev–Trinajstić information content (AvgIpc) is 3.10. The number of aryl methyl sites for hydroxylation is 1. The maximum Gasteiger partial charge on any atom is 0.245 e. The van der Waals surface area contributed by atoms with Crippen molar-refractivity contribution in [3.05, 3.63) is 72.7 Å². The minimum atomic E-state index is -3.62. The van der Waals surface area contributed by atoms with Crippen LogP contribution in [-0.4, -0.2) is 40.3 Å². The van der Waals surface area contributed by atoms with Gasteiger partial charge in [-0.2, -0.15) is 4.31 Å². The number of hydrogen-bond donors (Lipinski definition) is 0. The molecule has 0 spiro atoms. The molecular weight excluding hydrogens is 384 g/mol. The van der Waals surface area contributed by atoms with E-state index in [2.05, 4.69) is 22.2 Å². The molecule has 0 saturated carbocycles. The van der Waals surface area contributed by atoms with Gasteiger partial charge in [-0.05, 0) is 36.3 Å². The Kier molecular flexibility index (Phi) is 4.22. The van der Waals surface area contributed by atoms with E-state index in [1.54, 1.807) is 24.5 Å². The molecule has 3 aromatic heterocycles. The molecule has 29 heavy (non-hydrogen) atoms. The summed E-state index contributed by atoms with van der Waals surface area (Å²) in [6, 6.07) is 13.0. The monoisotopic (exact) mass is 404 g/mol. The van der Waals surface area contributed by atoms with Crippen LogP contribution < -0.4 is 0 Å². The molecule has 1 aliphatic rings. The number of para-hydroxylation sites is 1. The van der Waals surface area contributed by atoms with Crippen LogP contribution in [0.1, 0.15) is 12.0 Å². The molecule has 1 aromatic carbocycles. The fourth-order valence-electron chi connectivity index (χ4n) is 4.01. The van der Waals surface area contributed by atoms with Gasteiger partial charge in [0.05, 0.1) is 5.52 Å². The van der Waals surface area contributed by atoms with Crippen molar-refractivity contribution in [3.8, 4) is 0 Å². The molecule has 5 rings (SSSR count). The Morgan fingerprint density at radius 2 is 1.79 bits per heavy atom. The SMILES string of the molecule is Cn1cc(C2=CCN(S(=O)(=O)c3cccc4cccnc34)CC2)c2cccnc21. The van der Waals surface area contributed by atoms with Gasteiger partial charge in [0.1, 0.15) is 10.5 Å². The van der Waals surface area contributed by atoms with Crippen LogP contribution in [0.5, 0.6) is 0 Å². The summed E-state index contributed by atoms with van der Waals surface area (Å²) in [5.74, 6) is 0. The first kappa shape index (κ1) is 18.0. The zero-order valence-electron chi connectivity index (χ0n) is 16.0. The van der Waals surface area contributed by atoms with Crippen molar-refractivity contribution in [2.75, 3.05) is 13.1 Å². The largest absolute Gasteiger partial charge is 0.335 e. The van der Waals surface area contributed by atoms with Crippen LogP contribution in [0.15, 0.2) is 72.0 Å².